The minimum absolute atomic E-state index is 0.124. The number of esters is 1. The molecule has 3 N–H and O–H groups in total. The molecule has 0 saturated carbocycles. The Morgan fingerprint density at radius 2 is 1.46 bits per heavy atom. The molecule has 0 spiro atoms. The second-order valence-corrected chi connectivity index (χ2v) is 8.11. The summed E-state index contributed by atoms with van der Waals surface area (Å²) < 4.78 is 4.77. The van der Waals surface area contributed by atoms with Crippen molar-refractivity contribution in [3.05, 3.63) is 28.8 Å². The fraction of sp³-hybridized carbons (Fsp3) is 0.632. The molecule has 0 amide bonds. The average molecular weight is 338 g/mol. The lowest BCUT2D eigenvalue weighted by Gasteiger charge is -2.29. The van der Waals surface area contributed by atoms with Crippen molar-refractivity contribution in [3.8, 4) is 5.75 Å². The van der Waals surface area contributed by atoms with E-state index in [1.165, 1.54) is 0 Å². The summed E-state index contributed by atoms with van der Waals surface area (Å²) in [6.07, 6.45) is -3.10. The normalized spacial score (nSPS) is 15.0. The van der Waals surface area contributed by atoms with Gasteiger partial charge in [0, 0.05) is 0 Å². The van der Waals surface area contributed by atoms with Crippen molar-refractivity contribution < 1.29 is 24.9 Å². The van der Waals surface area contributed by atoms with Gasteiger partial charge in [0.15, 0.2) is 6.10 Å². The molecular formula is C19H30O5. The van der Waals surface area contributed by atoms with Gasteiger partial charge in [-0.15, -0.1) is 0 Å². The number of phenols is 1. The van der Waals surface area contributed by atoms with Gasteiger partial charge < -0.3 is 20.1 Å². The van der Waals surface area contributed by atoms with Crippen molar-refractivity contribution in [1.29, 1.82) is 0 Å². The first-order chi connectivity index (χ1) is 10.8. The standard InChI is InChI=1S/C19H30O5/c1-8-24-17(23)16(22)14(20)11-9-12(18(2,3)4)15(21)13(10-11)19(5,6)7/h9-10,14,16,20-22H,8H2,1-7H3. The van der Waals surface area contributed by atoms with Crippen molar-refractivity contribution in [1.82, 2.24) is 0 Å². The van der Waals surface area contributed by atoms with Crippen molar-refractivity contribution in [2.24, 2.45) is 0 Å². The predicted molar refractivity (Wildman–Crippen MR) is 93.1 cm³/mol. The summed E-state index contributed by atoms with van der Waals surface area (Å²) in [5.74, 6) is -0.690. The van der Waals surface area contributed by atoms with Crippen LogP contribution in [0.1, 0.15) is 71.3 Å². The molecule has 5 heteroatoms. The summed E-state index contributed by atoms with van der Waals surface area (Å²) in [6, 6.07) is 3.27. The quantitative estimate of drug-likeness (QED) is 0.735. The number of aliphatic hydroxyl groups excluding tert-OH is 2. The van der Waals surface area contributed by atoms with Gasteiger partial charge in [0.05, 0.1) is 6.61 Å². The molecule has 0 radical (unpaired) electrons. The average Bonchev–Trinajstić information content (AvgIpc) is 2.43. The van der Waals surface area contributed by atoms with Crippen LogP contribution in [0.4, 0.5) is 0 Å². The smallest absolute Gasteiger partial charge is 0.338 e. The Labute approximate surface area is 144 Å². The molecule has 1 aromatic carbocycles. The topological polar surface area (TPSA) is 87.0 Å². The number of ether oxygens (including phenoxy) is 1. The van der Waals surface area contributed by atoms with Crippen molar-refractivity contribution in [2.45, 2.75) is 71.5 Å². The first-order valence-corrected chi connectivity index (χ1v) is 8.21. The van der Waals surface area contributed by atoms with Crippen molar-refractivity contribution >= 4 is 5.97 Å². The Kier molecular flexibility index (Phi) is 6.06. The highest BCUT2D eigenvalue weighted by Crippen LogP contribution is 2.41. The molecule has 0 aliphatic heterocycles. The van der Waals surface area contributed by atoms with E-state index in [-0.39, 0.29) is 23.2 Å². The summed E-state index contributed by atoms with van der Waals surface area (Å²) in [7, 11) is 0. The number of hydrogen-bond donors (Lipinski definition) is 3. The van der Waals surface area contributed by atoms with Crippen LogP contribution in [0.2, 0.25) is 0 Å². The van der Waals surface area contributed by atoms with Crippen LogP contribution in [0.5, 0.6) is 5.75 Å². The van der Waals surface area contributed by atoms with Gasteiger partial charge >= 0.3 is 5.97 Å². The zero-order valence-electron chi connectivity index (χ0n) is 15.7. The summed E-state index contributed by atoms with van der Waals surface area (Å²) in [5, 5.41) is 31.1. The molecule has 0 heterocycles. The van der Waals surface area contributed by atoms with E-state index in [0.717, 1.165) is 0 Å². The van der Waals surface area contributed by atoms with E-state index in [1.807, 2.05) is 41.5 Å². The fourth-order valence-electron chi connectivity index (χ4n) is 2.51. The van der Waals surface area contributed by atoms with Crippen molar-refractivity contribution in [3.63, 3.8) is 0 Å². The van der Waals surface area contributed by atoms with Crippen LogP contribution in [-0.2, 0) is 20.4 Å². The van der Waals surface area contributed by atoms with Gasteiger partial charge in [-0.1, -0.05) is 41.5 Å². The van der Waals surface area contributed by atoms with Crippen LogP contribution >= 0.6 is 0 Å². The highest BCUT2D eigenvalue weighted by molar-refractivity contribution is 5.75. The SMILES string of the molecule is CCOC(=O)C(O)C(O)c1cc(C(C)(C)C)c(O)c(C(C)(C)C)c1. The number of phenolic OH excluding ortho intramolecular Hbond substituents is 1. The Bertz CT molecular complexity index is 558. The van der Waals surface area contributed by atoms with E-state index in [4.69, 9.17) is 4.74 Å². The number of benzene rings is 1. The molecule has 136 valence electrons. The monoisotopic (exact) mass is 338 g/mol. The van der Waals surface area contributed by atoms with Crippen LogP contribution in [0.3, 0.4) is 0 Å². The van der Waals surface area contributed by atoms with Gasteiger partial charge in [0.2, 0.25) is 0 Å². The van der Waals surface area contributed by atoms with E-state index >= 15 is 0 Å². The first kappa shape index (κ1) is 20.5. The van der Waals surface area contributed by atoms with Gasteiger partial charge in [-0.05, 0) is 46.6 Å². The molecule has 0 aromatic heterocycles. The maximum absolute atomic E-state index is 11.7. The number of aromatic hydroxyl groups is 1. The van der Waals surface area contributed by atoms with Crippen LogP contribution in [0.15, 0.2) is 12.1 Å². The Hall–Kier alpha value is -1.59. The number of rotatable bonds is 4. The molecule has 0 aliphatic carbocycles. The lowest BCUT2D eigenvalue weighted by atomic mass is 9.77. The number of hydrogen-bond acceptors (Lipinski definition) is 5. The zero-order chi connectivity index (χ0) is 18.9. The second-order valence-electron chi connectivity index (χ2n) is 8.11. The van der Waals surface area contributed by atoms with Crippen molar-refractivity contribution in [2.75, 3.05) is 6.61 Å². The summed E-state index contributed by atoms with van der Waals surface area (Å²) in [6.45, 7) is 13.5. The van der Waals surface area contributed by atoms with Gasteiger partial charge in [-0.3, -0.25) is 0 Å². The van der Waals surface area contributed by atoms with Gasteiger partial charge in [0.1, 0.15) is 11.9 Å². The molecule has 5 nitrogen and oxygen atoms in total. The largest absolute Gasteiger partial charge is 0.507 e. The molecule has 2 unspecified atom stereocenters. The number of aliphatic hydroxyl groups is 2. The van der Waals surface area contributed by atoms with Crippen LogP contribution in [0.25, 0.3) is 0 Å². The molecular weight excluding hydrogens is 308 g/mol. The van der Waals surface area contributed by atoms with Crippen LogP contribution < -0.4 is 0 Å². The first-order valence-electron chi connectivity index (χ1n) is 8.21. The minimum atomic E-state index is -1.67. The lowest BCUT2D eigenvalue weighted by Crippen LogP contribution is -2.30. The number of carbonyl (C=O) groups is 1. The summed E-state index contributed by atoms with van der Waals surface area (Å²) >= 11 is 0. The van der Waals surface area contributed by atoms with Crippen LogP contribution in [0, 0.1) is 0 Å². The summed E-state index contributed by atoms with van der Waals surface area (Å²) in [5.41, 5.74) is 0.951. The minimum Gasteiger partial charge on any atom is -0.507 e. The van der Waals surface area contributed by atoms with Gasteiger partial charge in [0.25, 0.3) is 0 Å². The van der Waals surface area contributed by atoms with E-state index in [1.54, 1.807) is 19.1 Å². The summed E-state index contributed by atoms with van der Waals surface area (Å²) in [4.78, 5) is 11.7. The second kappa shape index (κ2) is 7.11. The third kappa shape index (κ3) is 4.48. The fourth-order valence-corrected chi connectivity index (χ4v) is 2.51. The zero-order valence-corrected chi connectivity index (χ0v) is 15.7. The molecule has 0 saturated heterocycles. The Morgan fingerprint density at radius 3 is 1.79 bits per heavy atom. The lowest BCUT2D eigenvalue weighted by molar-refractivity contribution is -0.159. The van der Waals surface area contributed by atoms with E-state index in [0.29, 0.717) is 16.7 Å². The predicted octanol–water partition coefficient (Wildman–Crippen LogP) is 2.94. The molecule has 0 bridgehead atoms. The third-order valence-electron chi connectivity index (χ3n) is 3.92. The highest BCUT2D eigenvalue weighted by atomic mass is 16.5. The maximum atomic E-state index is 11.7. The van der Waals surface area contributed by atoms with E-state index < -0.39 is 18.2 Å². The molecule has 1 rings (SSSR count). The molecule has 2 atom stereocenters. The van der Waals surface area contributed by atoms with E-state index in [9.17, 15) is 20.1 Å². The molecule has 1 aromatic rings. The Morgan fingerprint density at radius 1 is 1.04 bits per heavy atom. The molecule has 24 heavy (non-hydrogen) atoms. The Balaban J connectivity index is 3.46. The molecule has 0 fully saturated rings. The van der Waals surface area contributed by atoms with Gasteiger partial charge in [-0.2, -0.15) is 0 Å². The maximum Gasteiger partial charge on any atom is 0.338 e. The van der Waals surface area contributed by atoms with Crippen LogP contribution in [-0.4, -0.2) is 34.0 Å². The molecule has 0 aliphatic rings. The third-order valence-corrected chi connectivity index (χ3v) is 3.92. The van der Waals surface area contributed by atoms with E-state index in [2.05, 4.69) is 0 Å². The number of carbonyl (C=O) groups excluding carboxylic acids is 1. The highest BCUT2D eigenvalue weighted by Gasteiger charge is 2.32. The van der Waals surface area contributed by atoms with Gasteiger partial charge in [-0.25, -0.2) is 4.79 Å².